The average Bonchev–Trinajstić information content (AvgIpc) is 2.88. The summed E-state index contributed by atoms with van der Waals surface area (Å²) >= 11 is 0. The van der Waals surface area contributed by atoms with E-state index in [4.69, 9.17) is 4.74 Å². The largest absolute Gasteiger partial charge is 0.452 e. The van der Waals surface area contributed by atoms with E-state index < -0.39 is 22.1 Å². The highest BCUT2D eigenvalue weighted by atomic mass is 32.2. The van der Waals surface area contributed by atoms with Crippen LogP contribution >= 0.6 is 0 Å². The van der Waals surface area contributed by atoms with Crippen molar-refractivity contribution in [2.75, 3.05) is 6.54 Å². The molecule has 5 nitrogen and oxygen atoms in total. The number of sulfonamides is 1. The van der Waals surface area contributed by atoms with Crippen molar-refractivity contribution in [2.24, 2.45) is 0 Å². The summed E-state index contributed by atoms with van der Waals surface area (Å²) in [6, 6.07) is 34.2. The zero-order chi connectivity index (χ0) is 23.1. The first kappa shape index (κ1) is 22.5. The molecule has 0 saturated carbocycles. The zero-order valence-corrected chi connectivity index (χ0v) is 18.6. The molecule has 0 aliphatic heterocycles. The maximum absolute atomic E-state index is 12.9. The molecule has 4 aromatic carbocycles. The summed E-state index contributed by atoms with van der Waals surface area (Å²) in [4.78, 5) is 13.0. The molecule has 1 atom stereocenters. The lowest BCUT2D eigenvalue weighted by atomic mass is 10.0. The number of esters is 1. The second-order valence-corrected chi connectivity index (χ2v) is 9.18. The van der Waals surface area contributed by atoms with Crippen LogP contribution in [0.1, 0.15) is 22.0 Å². The maximum atomic E-state index is 12.9. The van der Waals surface area contributed by atoms with Crippen LogP contribution in [0.15, 0.2) is 120 Å². The van der Waals surface area contributed by atoms with Gasteiger partial charge in [0.05, 0.1) is 17.0 Å². The molecule has 0 bridgehead atoms. The topological polar surface area (TPSA) is 72.5 Å². The predicted molar refractivity (Wildman–Crippen MR) is 128 cm³/mol. The molecule has 4 rings (SSSR count). The van der Waals surface area contributed by atoms with Crippen molar-refractivity contribution in [3.8, 4) is 11.1 Å². The maximum Gasteiger partial charge on any atom is 0.338 e. The van der Waals surface area contributed by atoms with Gasteiger partial charge in [-0.25, -0.2) is 17.9 Å². The minimum atomic E-state index is -3.74. The molecule has 4 aromatic rings. The van der Waals surface area contributed by atoms with Gasteiger partial charge in [0.1, 0.15) is 6.10 Å². The fraction of sp³-hybridized carbons (Fsp3) is 0.0741. The summed E-state index contributed by atoms with van der Waals surface area (Å²) in [7, 11) is -3.74. The van der Waals surface area contributed by atoms with Crippen LogP contribution in [0.4, 0.5) is 0 Å². The van der Waals surface area contributed by atoms with Crippen LogP contribution in [0.2, 0.25) is 0 Å². The van der Waals surface area contributed by atoms with Gasteiger partial charge in [-0.2, -0.15) is 0 Å². The Labute approximate surface area is 193 Å². The Morgan fingerprint density at radius 1 is 0.697 bits per heavy atom. The third-order valence-corrected chi connectivity index (χ3v) is 6.60. The number of ether oxygens (including phenoxy) is 1. The van der Waals surface area contributed by atoms with Crippen molar-refractivity contribution < 1.29 is 17.9 Å². The third kappa shape index (κ3) is 5.74. The molecule has 0 aromatic heterocycles. The second-order valence-electron chi connectivity index (χ2n) is 7.41. The molecule has 0 saturated heterocycles. The predicted octanol–water partition coefficient (Wildman–Crippen LogP) is 5.23. The minimum absolute atomic E-state index is 0.0882. The molecule has 0 fully saturated rings. The van der Waals surface area contributed by atoms with Gasteiger partial charge in [0, 0.05) is 0 Å². The van der Waals surface area contributed by atoms with E-state index in [2.05, 4.69) is 4.72 Å². The Kier molecular flexibility index (Phi) is 6.98. The van der Waals surface area contributed by atoms with Gasteiger partial charge in [0.15, 0.2) is 0 Å². The Morgan fingerprint density at radius 2 is 1.21 bits per heavy atom. The van der Waals surface area contributed by atoms with E-state index in [-0.39, 0.29) is 11.4 Å². The number of hydrogen-bond donors (Lipinski definition) is 1. The molecule has 0 aliphatic rings. The summed E-state index contributed by atoms with van der Waals surface area (Å²) in [6.07, 6.45) is -0.786. The van der Waals surface area contributed by atoms with E-state index in [1.165, 1.54) is 12.1 Å². The fourth-order valence-electron chi connectivity index (χ4n) is 3.39. The van der Waals surface area contributed by atoms with Gasteiger partial charge in [0.2, 0.25) is 10.0 Å². The molecule has 0 radical (unpaired) electrons. The van der Waals surface area contributed by atoms with Crippen LogP contribution < -0.4 is 4.72 Å². The van der Waals surface area contributed by atoms with E-state index in [0.29, 0.717) is 11.1 Å². The average molecular weight is 458 g/mol. The van der Waals surface area contributed by atoms with Gasteiger partial charge in [-0.3, -0.25) is 0 Å². The molecule has 0 unspecified atom stereocenters. The first-order valence-corrected chi connectivity index (χ1v) is 12.0. The van der Waals surface area contributed by atoms with Gasteiger partial charge >= 0.3 is 5.97 Å². The molecular weight excluding hydrogens is 434 g/mol. The Bertz CT molecular complexity index is 1290. The van der Waals surface area contributed by atoms with Crippen molar-refractivity contribution in [2.45, 2.75) is 11.0 Å². The summed E-state index contributed by atoms with van der Waals surface area (Å²) in [6.45, 7) is -0.0882. The van der Waals surface area contributed by atoms with Crippen molar-refractivity contribution in [3.05, 3.63) is 126 Å². The summed E-state index contributed by atoms with van der Waals surface area (Å²) in [5.74, 6) is -0.526. The quantitative estimate of drug-likeness (QED) is 0.368. The fourth-order valence-corrected chi connectivity index (χ4v) is 4.44. The third-order valence-electron chi connectivity index (χ3n) is 5.16. The van der Waals surface area contributed by atoms with E-state index in [0.717, 1.165) is 11.1 Å². The molecular formula is C27H23NO4S. The molecule has 0 heterocycles. The van der Waals surface area contributed by atoms with Crippen molar-refractivity contribution >= 4 is 16.0 Å². The van der Waals surface area contributed by atoms with Crippen LogP contribution in [0.25, 0.3) is 11.1 Å². The first-order valence-electron chi connectivity index (χ1n) is 10.5. The monoisotopic (exact) mass is 457 g/mol. The normalized spacial score (nSPS) is 12.1. The molecule has 0 spiro atoms. The van der Waals surface area contributed by atoms with Crippen LogP contribution in [0, 0.1) is 0 Å². The highest BCUT2D eigenvalue weighted by molar-refractivity contribution is 7.89. The van der Waals surface area contributed by atoms with Crippen molar-refractivity contribution in [3.63, 3.8) is 0 Å². The van der Waals surface area contributed by atoms with Crippen LogP contribution in [0.3, 0.4) is 0 Å². The molecule has 166 valence electrons. The second kappa shape index (κ2) is 10.3. The summed E-state index contributed by atoms with van der Waals surface area (Å²) in [5, 5.41) is 0. The van der Waals surface area contributed by atoms with Crippen molar-refractivity contribution in [1.29, 1.82) is 0 Å². The number of carbonyl (C=O) groups excluding carboxylic acids is 1. The number of nitrogens with one attached hydrogen (secondary N) is 1. The number of carbonyl (C=O) groups is 1. The standard InChI is InChI=1S/C27H23NO4S/c29-27(24-18-16-22(17-19-24)21-10-4-1-5-11-21)32-26(23-12-6-2-7-13-23)20-28-33(30,31)25-14-8-3-9-15-25/h1-19,26,28H,20H2/t26-/m0/s1. The van der Waals surface area contributed by atoms with Crippen LogP contribution in [0.5, 0.6) is 0 Å². The van der Waals surface area contributed by atoms with Crippen LogP contribution in [-0.2, 0) is 14.8 Å². The lowest BCUT2D eigenvalue weighted by molar-refractivity contribution is 0.0308. The van der Waals surface area contributed by atoms with Gasteiger partial charge in [-0.1, -0.05) is 91.0 Å². The van der Waals surface area contributed by atoms with Crippen LogP contribution in [-0.4, -0.2) is 20.9 Å². The van der Waals surface area contributed by atoms with E-state index >= 15 is 0 Å². The molecule has 0 amide bonds. The number of hydrogen-bond acceptors (Lipinski definition) is 4. The Balaban J connectivity index is 1.50. The summed E-state index contributed by atoms with van der Waals surface area (Å²) in [5.41, 5.74) is 3.13. The molecule has 33 heavy (non-hydrogen) atoms. The van der Waals surface area contributed by atoms with Gasteiger partial charge < -0.3 is 4.74 Å². The zero-order valence-electron chi connectivity index (χ0n) is 17.8. The number of rotatable bonds is 8. The molecule has 0 aliphatic carbocycles. The highest BCUT2D eigenvalue weighted by Gasteiger charge is 2.22. The Hall–Kier alpha value is -3.74. The van der Waals surface area contributed by atoms with E-state index in [1.54, 1.807) is 42.5 Å². The molecule has 1 N–H and O–H groups in total. The Morgan fingerprint density at radius 3 is 1.82 bits per heavy atom. The first-order chi connectivity index (χ1) is 16.0. The van der Waals surface area contributed by atoms with Crippen molar-refractivity contribution in [1.82, 2.24) is 4.72 Å². The van der Waals surface area contributed by atoms with Gasteiger partial charge in [-0.15, -0.1) is 0 Å². The summed E-state index contributed by atoms with van der Waals surface area (Å²) < 4.78 is 33.6. The SMILES string of the molecule is O=C(O[C@@H](CNS(=O)(=O)c1ccccc1)c1ccccc1)c1ccc(-c2ccccc2)cc1. The minimum Gasteiger partial charge on any atom is -0.452 e. The lowest BCUT2D eigenvalue weighted by Gasteiger charge is -2.19. The van der Waals surface area contributed by atoms with Gasteiger partial charge in [0.25, 0.3) is 0 Å². The van der Waals surface area contributed by atoms with E-state index in [9.17, 15) is 13.2 Å². The lowest BCUT2D eigenvalue weighted by Crippen LogP contribution is -2.30. The highest BCUT2D eigenvalue weighted by Crippen LogP contribution is 2.22. The van der Waals surface area contributed by atoms with Gasteiger partial charge in [-0.05, 0) is 41.0 Å². The molecule has 6 heteroatoms. The smallest absolute Gasteiger partial charge is 0.338 e. The number of benzene rings is 4. The van der Waals surface area contributed by atoms with E-state index in [1.807, 2.05) is 60.7 Å².